The van der Waals surface area contributed by atoms with E-state index in [-0.39, 0.29) is 10.8 Å². The minimum absolute atomic E-state index is 0.122. The van der Waals surface area contributed by atoms with Crippen molar-refractivity contribution < 1.29 is 13.2 Å². The Morgan fingerprint density at radius 1 is 0.771 bits per heavy atom. The molecule has 0 aliphatic carbocycles. The van der Waals surface area contributed by atoms with Crippen LogP contribution in [-0.2, 0) is 15.8 Å². The normalized spacial score (nSPS) is 11.1. The predicted octanol–water partition coefficient (Wildman–Crippen LogP) is 6.65. The highest BCUT2D eigenvalue weighted by molar-refractivity contribution is 7.98. The Morgan fingerprint density at radius 3 is 2.09 bits per heavy atom. The van der Waals surface area contributed by atoms with Gasteiger partial charge in [0, 0.05) is 16.3 Å². The van der Waals surface area contributed by atoms with Crippen LogP contribution in [-0.4, -0.2) is 14.3 Å². The highest BCUT2D eigenvalue weighted by atomic mass is 32.2. The molecule has 0 bridgehead atoms. The van der Waals surface area contributed by atoms with Crippen molar-refractivity contribution >= 4 is 39.1 Å². The van der Waals surface area contributed by atoms with Crippen LogP contribution >= 0.6 is 11.8 Å². The molecule has 35 heavy (non-hydrogen) atoms. The van der Waals surface area contributed by atoms with Crippen molar-refractivity contribution in [2.24, 2.45) is 0 Å². The lowest BCUT2D eigenvalue weighted by molar-refractivity contribution is 0.102. The summed E-state index contributed by atoms with van der Waals surface area (Å²) in [5.74, 6) is 0.510. The summed E-state index contributed by atoms with van der Waals surface area (Å²) in [6.45, 7) is 3.72. The van der Waals surface area contributed by atoms with Crippen molar-refractivity contribution in [2.75, 3.05) is 10.0 Å². The lowest BCUT2D eigenvalue weighted by atomic mass is 10.1. The molecule has 0 fully saturated rings. The van der Waals surface area contributed by atoms with E-state index >= 15 is 0 Å². The summed E-state index contributed by atoms with van der Waals surface area (Å²) in [5, 5.41) is 2.88. The SMILES string of the molecule is Cc1cccc(C)c1NS(=O)(=O)c1ccc(NC(=O)c2ccccc2SCc2ccccc2)cc1. The molecule has 0 aromatic heterocycles. The van der Waals surface area contributed by atoms with Gasteiger partial charge in [-0.05, 0) is 66.9 Å². The van der Waals surface area contributed by atoms with Crippen LogP contribution in [0.1, 0.15) is 27.0 Å². The summed E-state index contributed by atoms with van der Waals surface area (Å²) in [6.07, 6.45) is 0. The van der Waals surface area contributed by atoms with Gasteiger partial charge in [0.15, 0.2) is 0 Å². The summed E-state index contributed by atoms with van der Waals surface area (Å²) in [5.41, 5.74) is 4.54. The van der Waals surface area contributed by atoms with Crippen LogP contribution < -0.4 is 10.0 Å². The van der Waals surface area contributed by atoms with E-state index < -0.39 is 10.0 Å². The fourth-order valence-corrected chi connectivity index (χ4v) is 5.81. The van der Waals surface area contributed by atoms with E-state index in [0.29, 0.717) is 16.9 Å². The molecule has 5 nitrogen and oxygen atoms in total. The van der Waals surface area contributed by atoms with Crippen molar-refractivity contribution in [3.8, 4) is 0 Å². The molecule has 0 saturated heterocycles. The van der Waals surface area contributed by atoms with Gasteiger partial charge in [0.2, 0.25) is 0 Å². The third-order valence-corrected chi connectivity index (χ3v) is 8.02. The number of hydrogen-bond acceptors (Lipinski definition) is 4. The molecular formula is C28H26N2O3S2. The molecule has 4 aromatic carbocycles. The van der Waals surface area contributed by atoms with Crippen LogP contribution in [0.5, 0.6) is 0 Å². The Balaban J connectivity index is 1.46. The minimum Gasteiger partial charge on any atom is -0.322 e. The predicted molar refractivity (Wildman–Crippen MR) is 144 cm³/mol. The van der Waals surface area contributed by atoms with Gasteiger partial charge in [-0.2, -0.15) is 0 Å². The van der Waals surface area contributed by atoms with Gasteiger partial charge in [-0.15, -0.1) is 11.8 Å². The maximum absolute atomic E-state index is 13.0. The molecular weight excluding hydrogens is 476 g/mol. The Morgan fingerprint density at radius 2 is 1.40 bits per heavy atom. The molecule has 0 radical (unpaired) electrons. The molecule has 0 aliphatic heterocycles. The van der Waals surface area contributed by atoms with Gasteiger partial charge in [-0.3, -0.25) is 9.52 Å². The highest BCUT2D eigenvalue weighted by Gasteiger charge is 2.17. The van der Waals surface area contributed by atoms with Crippen LogP contribution in [0.15, 0.2) is 107 Å². The molecule has 2 N–H and O–H groups in total. The highest BCUT2D eigenvalue weighted by Crippen LogP contribution is 2.28. The second-order valence-corrected chi connectivity index (χ2v) is 10.8. The molecule has 0 heterocycles. The quantitative estimate of drug-likeness (QED) is 0.265. The number of carbonyl (C=O) groups is 1. The third-order valence-electron chi connectivity index (χ3n) is 5.51. The number of nitrogens with one attached hydrogen (secondary N) is 2. The van der Waals surface area contributed by atoms with Gasteiger partial charge >= 0.3 is 0 Å². The van der Waals surface area contributed by atoms with Crippen molar-refractivity contribution in [3.05, 3.63) is 119 Å². The number of aryl methyl sites for hydroxylation is 2. The molecule has 0 spiro atoms. The van der Waals surface area contributed by atoms with E-state index in [9.17, 15) is 13.2 Å². The minimum atomic E-state index is -3.76. The van der Waals surface area contributed by atoms with Crippen molar-refractivity contribution in [2.45, 2.75) is 29.4 Å². The van der Waals surface area contributed by atoms with Gasteiger partial charge in [0.25, 0.3) is 15.9 Å². The van der Waals surface area contributed by atoms with E-state index in [1.54, 1.807) is 30.0 Å². The monoisotopic (exact) mass is 502 g/mol. The molecule has 7 heteroatoms. The summed E-state index contributed by atoms with van der Waals surface area (Å²) in [6, 6.07) is 29.3. The number of thioether (sulfide) groups is 1. The van der Waals surface area contributed by atoms with Gasteiger partial charge in [0.05, 0.1) is 16.1 Å². The molecule has 0 unspecified atom stereocenters. The van der Waals surface area contributed by atoms with E-state index in [0.717, 1.165) is 21.8 Å². The van der Waals surface area contributed by atoms with E-state index in [1.807, 2.05) is 68.4 Å². The number of hydrogen-bond donors (Lipinski definition) is 2. The number of rotatable bonds is 8. The maximum atomic E-state index is 13.0. The molecule has 4 aromatic rings. The number of anilines is 2. The lowest BCUT2D eigenvalue weighted by Gasteiger charge is -2.14. The van der Waals surface area contributed by atoms with E-state index in [1.165, 1.54) is 17.7 Å². The third kappa shape index (κ3) is 6.12. The number of carbonyl (C=O) groups excluding carboxylic acids is 1. The number of para-hydroxylation sites is 1. The molecule has 4 rings (SSSR count). The van der Waals surface area contributed by atoms with Crippen LogP contribution in [0.4, 0.5) is 11.4 Å². The molecule has 1 amide bonds. The molecule has 178 valence electrons. The first-order valence-electron chi connectivity index (χ1n) is 11.1. The van der Waals surface area contributed by atoms with Crippen LogP contribution in [0.25, 0.3) is 0 Å². The second kappa shape index (κ2) is 10.8. The standard InChI is InChI=1S/C28H26N2O3S2/c1-20-9-8-10-21(2)27(20)30-35(32,33)24-17-15-23(16-18-24)29-28(31)25-13-6-7-14-26(25)34-19-22-11-4-3-5-12-22/h3-18,30H,19H2,1-2H3,(H,29,31). The van der Waals surface area contributed by atoms with Crippen molar-refractivity contribution in [3.63, 3.8) is 0 Å². The number of benzene rings is 4. The van der Waals surface area contributed by atoms with Crippen molar-refractivity contribution in [1.29, 1.82) is 0 Å². The number of amides is 1. The lowest BCUT2D eigenvalue weighted by Crippen LogP contribution is -2.15. The largest absolute Gasteiger partial charge is 0.322 e. The summed E-state index contributed by atoms with van der Waals surface area (Å²) in [7, 11) is -3.76. The fourth-order valence-electron chi connectivity index (χ4n) is 3.60. The van der Waals surface area contributed by atoms with E-state index in [4.69, 9.17) is 0 Å². The zero-order valence-corrected chi connectivity index (χ0v) is 21.1. The van der Waals surface area contributed by atoms with E-state index in [2.05, 4.69) is 22.2 Å². The molecule has 0 saturated carbocycles. The fraction of sp³-hybridized carbons (Fsp3) is 0.107. The Kier molecular flexibility index (Phi) is 7.58. The average Bonchev–Trinajstić information content (AvgIpc) is 2.86. The van der Waals surface area contributed by atoms with Gasteiger partial charge in [-0.25, -0.2) is 8.42 Å². The molecule has 0 atom stereocenters. The first-order chi connectivity index (χ1) is 16.8. The summed E-state index contributed by atoms with van der Waals surface area (Å²) < 4.78 is 28.5. The Bertz CT molecular complexity index is 1410. The second-order valence-electron chi connectivity index (χ2n) is 8.12. The van der Waals surface area contributed by atoms with Crippen LogP contribution in [0.3, 0.4) is 0 Å². The maximum Gasteiger partial charge on any atom is 0.261 e. The van der Waals surface area contributed by atoms with Gasteiger partial charge in [0.1, 0.15) is 0 Å². The first kappa shape index (κ1) is 24.6. The molecule has 0 aliphatic rings. The van der Waals surface area contributed by atoms with Crippen LogP contribution in [0.2, 0.25) is 0 Å². The van der Waals surface area contributed by atoms with Gasteiger partial charge < -0.3 is 5.32 Å². The number of sulfonamides is 1. The Hall–Kier alpha value is -3.55. The summed E-state index contributed by atoms with van der Waals surface area (Å²) in [4.78, 5) is 14.0. The zero-order chi connectivity index (χ0) is 24.8. The van der Waals surface area contributed by atoms with Gasteiger partial charge in [-0.1, -0.05) is 60.7 Å². The summed E-state index contributed by atoms with van der Waals surface area (Å²) >= 11 is 1.60. The zero-order valence-electron chi connectivity index (χ0n) is 19.5. The topological polar surface area (TPSA) is 75.3 Å². The van der Waals surface area contributed by atoms with Crippen LogP contribution in [0, 0.1) is 13.8 Å². The van der Waals surface area contributed by atoms with Crippen molar-refractivity contribution in [1.82, 2.24) is 0 Å². The smallest absolute Gasteiger partial charge is 0.261 e. The average molecular weight is 503 g/mol. The Labute approximate surface area is 210 Å². The first-order valence-corrected chi connectivity index (χ1v) is 13.6.